The molecule has 2 aliphatic rings. The molecule has 6 heteroatoms. The number of thioether (sulfide) groups is 1. The molecule has 2 saturated heterocycles. The number of para-hydroxylation sites is 1. The Balaban J connectivity index is 1.23. The van der Waals surface area contributed by atoms with E-state index >= 15 is 0 Å². The van der Waals surface area contributed by atoms with E-state index in [1.54, 1.807) is 0 Å². The molecule has 2 N–H and O–H groups in total. The topological polar surface area (TPSA) is 42.9 Å². The number of guanidine groups is 1. The van der Waals surface area contributed by atoms with E-state index in [4.69, 9.17) is 0 Å². The van der Waals surface area contributed by atoms with Crippen LogP contribution in [0.5, 0.6) is 0 Å². The molecular formula is C21H35N5S. The van der Waals surface area contributed by atoms with Crippen molar-refractivity contribution in [1.82, 2.24) is 15.5 Å². The fourth-order valence-electron chi connectivity index (χ4n) is 3.77. The van der Waals surface area contributed by atoms with Crippen molar-refractivity contribution in [3.63, 3.8) is 0 Å². The van der Waals surface area contributed by atoms with Gasteiger partial charge in [0.1, 0.15) is 0 Å². The molecule has 1 atom stereocenters. The quantitative estimate of drug-likeness (QED) is 0.406. The first-order chi connectivity index (χ1) is 13.3. The average molecular weight is 390 g/mol. The first-order valence-corrected chi connectivity index (χ1v) is 11.5. The number of hydrogen-bond donors (Lipinski definition) is 2. The SMILES string of the molecule is CN=C(NCCCCN1CCN(c2ccccc2)CC1)NCC1CCCS1. The summed E-state index contributed by atoms with van der Waals surface area (Å²) in [7, 11) is 1.86. The molecule has 0 aliphatic carbocycles. The molecule has 0 saturated carbocycles. The normalized spacial score (nSPS) is 21.4. The van der Waals surface area contributed by atoms with E-state index in [-0.39, 0.29) is 0 Å². The van der Waals surface area contributed by atoms with Gasteiger partial charge in [0.15, 0.2) is 5.96 Å². The number of benzene rings is 1. The Morgan fingerprint density at radius 1 is 1.11 bits per heavy atom. The van der Waals surface area contributed by atoms with Gasteiger partial charge >= 0.3 is 0 Å². The average Bonchev–Trinajstić information content (AvgIpc) is 3.25. The van der Waals surface area contributed by atoms with E-state index in [9.17, 15) is 0 Å². The van der Waals surface area contributed by atoms with Crippen molar-refractivity contribution < 1.29 is 0 Å². The van der Waals surface area contributed by atoms with Gasteiger partial charge in [-0.25, -0.2) is 0 Å². The standard InChI is InChI=1S/C21H35N5S/c1-22-21(24-18-20-10-7-17-27-20)23-11-5-6-12-25-13-15-26(16-14-25)19-8-3-2-4-9-19/h2-4,8-9,20H,5-7,10-18H2,1H3,(H2,22,23,24). The third kappa shape index (κ3) is 6.92. The van der Waals surface area contributed by atoms with Gasteiger partial charge in [-0.3, -0.25) is 9.89 Å². The lowest BCUT2D eigenvalue weighted by Gasteiger charge is -2.36. The molecule has 2 aliphatic heterocycles. The molecule has 1 aromatic carbocycles. The predicted octanol–water partition coefficient (Wildman–Crippen LogP) is 2.65. The monoisotopic (exact) mass is 389 g/mol. The molecule has 3 rings (SSSR count). The van der Waals surface area contributed by atoms with Gasteiger partial charge in [-0.05, 0) is 50.1 Å². The highest BCUT2D eigenvalue weighted by Gasteiger charge is 2.17. The van der Waals surface area contributed by atoms with Gasteiger partial charge in [-0.15, -0.1) is 0 Å². The highest BCUT2D eigenvalue weighted by atomic mass is 32.2. The number of piperazine rings is 1. The Morgan fingerprint density at radius 3 is 2.63 bits per heavy atom. The largest absolute Gasteiger partial charge is 0.369 e. The summed E-state index contributed by atoms with van der Waals surface area (Å²) in [5, 5.41) is 7.70. The summed E-state index contributed by atoms with van der Waals surface area (Å²) in [6.07, 6.45) is 5.14. The summed E-state index contributed by atoms with van der Waals surface area (Å²) in [6, 6.07) is 10.8. The maximum atomic E-state index is 4.34. The Bertz CT molecular complexity index is 551. The van der Waals surface area contributed by atoms with Crippen LogP contribution >= 0.6 is 11.8 Å². The Kier molecular flexibility index (Phi) is 8.62. The van der Waals surface area contributed by atoms with E-state index in [0.717, 1.165) is 37.4 Å². The summed E-state index contributed by atoms with van der Waals surface area (Å²) in [5.41, 5.74) is 1.36. The first kappa shape index (κ1) is 20.3. The molecule has 27 heavy (non-hydrogen) atoms. The molecular weight excluding hydrogens is 354 g/mol. The van der Waals surface area contributed by atoms with Crippen molar-refractivity contribution in [1.29, 1.82) is 0 Å². The maximum Gasteiger partial charge on any atom is 0.191 e. The van der Waals surface area contributed by atoms with Crippen LogP contribution in [-0.4, -0.2) is 74.7 Å². The summed E-state index contributed by atoms with van der Waals surface area (Å²) >= 11 is 2.09. The Hall–Kier alpha value is -1.40. The van der Waals surface area contributed by atoms with Gasteiger partial charge in [0.2, 0.25) is 0 Å². The zero-order valence-electron chi connectivity index (χ0n) is 16.7. The van der Waals surface area contributed by atoms with E-state index < -0.39 is 0 Å². The minimum atomic E-state index is 0.762. The second-order valence-corrected chi connectivity index (χ2v) is 8.79. The molecule has 150 valence electrons. The van der Waals surface area contributed by atoms with Crippen LogP contribution in [0.3, 0.4) is 0 Å². The zero-order chi connectivity index (χ0) is 18.7. The molecule has 2 fully saturated rings. The molecule has 0 aromatic heterocycles. The van der Waals surface area contributed by atoms with Crippen molar-refractivity contribution in [2.75, 3.05) is 63.5 Å². The van der Waals surface area contributed by atoms with Gasteiger partial charge in [0, 0.05) is 57.3 Å². The summed E-state index contributed by atoms with van der Waals surface area (Å²) in [4.78, 5) is 9.44. The van der Waals surface area contributed by atoms with E-state index in [1.165, 1.54) is 56.8 Å². The summed E-state index contributed by atoms with van der Waals surface area (Å²) in [6.45, 7) is 7.86. The lowest BCUT2D eigenvalue weighted by Crippen LogP contribution is -2.46. The van der Waals surface area contributed by atoms with Crippen molar-refractivity contribution in [3.05, 3.63) is 30.3 Å². The molecule has 1 aromatic rings. The molecule has 5 nitrogen and oxygen atoms in total. The number of rotatable bonds is 8. The minimum Gasteiger partial charge on any atom is -0.369 e. The van der Waals surface area contributed by atoms with E-state index in [0.29, 0.717) is 0 Å². The maximum absolute atomic E-state index is 4.34. The molecule has 0 radical (unpaired) electrons. The number of nitrogens with one attached hydrogen (secondary N) is 2. The van der Waals surface area contributed by atoms with Crippen molar-refractivity contribution in [3.8, 4) is 0 Å². The lowest BCUT2D eigenvalue weighted by molar-refractivity contribution is 0.253. The summed E-state index contributed by atoms with van der Waals surface area (Å²) < 4.78 is 0. The molecule has 0 amide bonds. The first-order valence-electron chi connectivity index (χ1n) is 10.4. The number of hydrogen-bond acceptors (Lipinski definition) is 4. The van der Waals surface area contributed by atoms with Crippen molar-refractivity contribution >= 4 is 23.4 Å². The smallest absolute Gasteiger partial charge is 0.191 e. The third-order valence-corrected chi connectivity index (χ3v) is 6.83. The second kappa shape index (κ2) is 11.4. The van der Waals surface area contributed by atoms with E-state index in [2.05, 4.69) is 67.5 Å². The minimum absolute atomic E-state index is 0.762. The Morgan fingerprint density at radius 2 is 1.93 bits per heavy atom. The summed E-state index contributed by atoms with van der Waals surface area (Å²) in [5.74, 6) is 2.27. The number of nitrogens with zero attached hydrogens (tertiary/aromatic N) is 3. The van der Waals surface area contributed by atoms with Gasteiger partial charge in [0.05, 0.1) is 0 Å². The van der Waals surface area contributed by atoms with Gasteiger partial charge < -0.3 is 15.5 Å². The predicted molar refractivity (Wildman–Crippen MR) is 119 cm³/mol. The highest BCUT2D eigenvalue weighted by molar-refractivity contribution is 8.00. The van der Waals surface area contributed by atoms with Crippen LogP contribution < -0.4 is 15.5 Å². The molecule has 1 unspecified atom stereocenters. The van der Waals surface area contributed by atoms with Crippen LogP contribution in [-0.2, 0) is 0 Å². The van der Waals surface area contributed by atoms with Crippen LogP contribution in [0.15, 0.2) is 35.3 Å². The lowest BCUT2D eigenvalue weighted by atomic mass is 10.2. The third-order valence-electron chi connectivity index (χ3n) is 5.43. The fourth-order valence-corrected chi connectivity index (χ4v) is 4.97. The Labute approximate surface area is 169 Å². The number of unbranched alkanes of at least 4 members (excludes halogenated alkanes) is 1. The van der Waals surface area contributed by atoms with Crippen molar-refractivity contribution in [2.24, 2.45) is 4.99 Å². The van der Waals surface area contributed by atoms with Gasteiger partial charge in [0.25, 0.3) is 0 Å². The van der Waals surface area contributed by atoms with Crippen LogP contribution in [0.4, 0.5) is 5.69 Å². The van der Waals surface area contributed by atoms with Crippen LogP contribution in [0.25, 0.3) is 0 Å². The van der Waals surface area contributed by atoms with Crippen molar-refractivity contribution in [2.45, 2.75) is 30.9 Å². The second-order valence-electron chi connectivity index (χ2n) is 7.39. The molecule has 0 spiro atoms. The van der Waals surface area contributed by atoms with Gasteiger partial charge in [-0.1, -0.05) is 18.2 Å². The highest BCUT2D eigenvalue weighted by Crippen LogP contribution is 2.25. The van der Waals surface area contributed by atoms with Crippen LogP contribution in [0, 0.1) is 0 Å². The number of aliphatic imine (C=N–C) groups is 1. The van der Waals surface area contributed by atoms with Crippen LogP contribution in [0.2, 0.25) is 0 Å². The van der Waals surface area contributed by atoms with Crippen LogP contribution in [0.1, 0.15) is 25.7 Å². The zero-order valence-corrected chi connectivity index (χ0v) is 17.5. The molecule has 0 bridgehead atoms. The van der Waals surface area contributed by atoms with E-state index in [1.807, 2.05) is 7.05 Å². The van der Waals surface area contributed by atoms with Gasteiger partial charge in [-0.2, -0.15) is 11.8 Å². The number of anilines is 1. The molecule has 2 heterocycles. The fraction of sp³-hybridized carbons (Fsp3) is 0.667.